The lowest BCUT2D eigenvalue weighted by molar-refractivity contribution is -0.110. The minimum absolute atomic E-state index is 0.117. The van der Waals surface area contributed by atoms with Gasteiger partial charge < -0.3 is 28.6 Å². The number of methoxy groups -OCH3 is 1. The number of ether oxygens (including phenoxy) is 4. The molecule has 1 atom stereocenters. The maximum absolute atomic E-state index is 12.8. The topological polar surface area (TPSA) is 91.4 Å². The molecule has 184 valence electrons. The molecule has 0 bridgehead atoms. The summed E-state index contributed by atoms with van der Waals surface area (Å²) in [6.07, 6.45) is 5.85. The van der Waals surface area contributed by atoms with E-state index in [1.807, 2.05) is 13.8 Å². The molecule has 8 heteroatoms. The Morgan fingerprint density at radius 2 is 1.73 bits per heavy atom. The van der Waals surface area contributed by atoms with Crippen molar-refractivity contribution < 1.29 is 33.3 Å². The number of Topliss-reactive ketones (excluding diaryl/α,β-unsaturated/α-hetero) is 1. The smallest absolute Gasteiger partial charge is 0.410 e. The molecule has 1 amide bonds. The van der Waals surface area contributed by atoms with Gasteiger partial charge in [0.2, 0.25) is 6.79 Å². The van der Waals surface area contributed by atoms with Gasteiger partial charge in [0.15, 0.2) is 17.3 Å². The van der Waals surface area contributed by atoms with Crippen LogP contribution in [0.2, 0.25) is 0 Å². The Hall–Kier alpha value is -2.61. The zero-order valence-electron chi connectivity index (χ0n) is 20.4. The van der Waals surface area contributed by atoms with Gasteiger partial charge in [-0.3, -0.25) is 4.79 Å². The second kappa shape index (κ2) is 12.6. The van der Waals surface area contributed by atoms with E-state index in [1.54, 1.807) is 39.3 Å². The minimum Gasteiger partial charge on any atom is -0.454 e. The quantitative estimate of drug-likeness (QED) is 0.414. The number of hydrogen-bond acceptors (Lipinski definition) is 7. The van der Waals surface area contributed by atoms with Crippen LogP contribution in [-0.4, -0.2) is 63.3 Å². The van der Waals surface area contributed by atoms with Crippen molar-refractivity contribution in [3.63, 3.8) is 0 Å². The van der Waals surface area contributed by atoms with Crippen molar-refractivity contribution >= 4 is 18.2 Å². The van der Waals surface area contributed by atoms with Gasteiger partial charge in [0.05, 0.1) is 12.6 Å². The van der Waals surface area contributed by atoms with E-state index in [2.05, 4.69) is 0 Å². The van der Waals surface area contributed by atoms with Crippen LogP contribution in [0, 0.1) is 11.3 Å². The van der Waals surface area contributed by atoms with Crippen LogP contribution in [0.1, 0.15) is 63.2 Å². The molecule has 1 aromatic rings. The largest absolute Gasteiger partial charge is 0.454 e. The molecular formula is C25H37NO7. The average Bonchev–Trinajstić information content (AvgIpc) is 3.30. The molecule has 33 heavy (non-hydrogen) atoms. The molecule has 0 spiro atoms. The number of nitrogens with zero attached hydrogens (tertiary/aromatic N) is 1. The van der Waals surface area contributed by atoms with Crippen molar-refractivity contribution in [3.8, 4) is 11.5 Å². The number of amides is 1. The molecule has 1 heterocycles. The van der Waals surface area contributed by atoms with Gasteiger partial charge in [-0.1, -0.05) is 33.1 Å². The molecule has 1 aliphatic carbocycles. The van der Waals surface area contributed by atoms with Crippen LogP contribution in [0.15, 0.2) is 18.2 Å². The number of fused-ring (bicyclic) bond motifs is 1. The van der Waals surface area contributed by atoms with E-state index in [0.717, 1.165) is 32.0 Å². The van der Waals surface area contributed by atoms with Crippen LogP contribution in [0.5, 0.6) is 11.5 Å². The Morgan fingerprint density at radius 1 is 1.09 bits per heavy atom. The minimum atomic E-state index is -0.655. The number of hydrogen-bond donors (Lipinski definition) is 0. The van der Waals surface area contributed by atoms with Crippen molar-refractivity contribution in [2.45, 2.75) is 58.9 Å². The Kier molecular flexibility index (Phi) is 10.2. The van der Waals surface area contributed by atoms with E-state index >= 15 is 0 Å². The van der Waals surface area contributed by atoms with E-state index in [4.69, 9.17) is 18.9 Å². The summed E-state index contributed by atoms with van der Waals surface area (Å²) in [5.41, 5.74) is 0.355. The zero-order valence-corrected chi connectivity index (χ0v) is 20.4. The Balaban J connectivity index is 0.000000696. The Morgan fingerprint density at radius 3 is 2.33 bits per heavy atom. The molecule has 1 fully saturated rings. The van der Waals surface area contributed by atoms with Crippen LogP contribution >= 0.6 is 0 Å². The molecular weight excluding hydrogens is 426 g/mol. The summed E-state index contributed by atoms with van der Waals surface area (Å²) < 4.78 is 21.6. The third-order valence-corrected chi connectivity index (χ3v) is 6.04. The summed E-state index contributed by atoms with van der Waals surface area (Å²) in [5, 5.41) is 0. The summed E-state index contributed by atoms with van der Waals surface area (Å²) in [6.45, 7) is 6.45. The summed E-state index contributed by atoms with van der Waals surface area (Å²) in [5.74, 6) is 1.19. The molecule has 1 saturated carbocycles. The molecule has 2 aliphatic rings. The molecule has 0 aromatic heterocycles. The van der Waals surface area contributed by atoms with E-state index in [-0.39, 0.29) is 23.9 Å². The van der Waals surface area contributed by atoms with E-state index in [0.29, 0.717) is 30.3 Å². The van der Waals surface area contributed by atoms with E-state index < -0.39 is 12.1 Å². The molecule has 1 aliphatic heterocycles. The zero-order chi connectivity index (χ0) is 24.4. The first-order valence-corrected chi connectivity index (χ1v) is 11.5. The maximum atomic E-state index is 12.8. The second-order valence-corrected chi connectivity index (χ2v) is 9.15. The van der Waals surface area contributed by atoms with Crippen LogP contribution in [0.3, 0.4) is 0 Å². The highest BCUT2D eigenvalue weighted by Gasteiger charge is 2.35. The Bertz CT molecular complexity index is 796. The Labute approximate surface area is 196 Å². The first-order valence-electron chi connectivity index (χ1n) is 11.5. The van der Waals surface area contributed by atoms with Crippen LogP contribution < -0.4 is 9.47 Å². The predicted octanol–water partition coefficient (Wildman–Crippen LogP) is 4.49. The summed E-state index contributed by atoms with van der Waals surface area (Å²) >= 11 is 0. The van der Waals surface area contributed by atoms with Gasteiger partial charge in [-0.2, -0.15) is 0 Å². The third-order valence-electron chi connectivity index (χ3n) is 6.04. The fraction of sp³-hybridized carbons (Fsp3) is 0.640. The highest BCUT2D eigenvalue weighted by molar-refractivity contribution is 6.01. The second-order valence-electron chi connectivity index (χ2n) is 9.15. The van der Waals surface area contributed by atoms with E-state index in [1.165, 1.54) is 11.3 Å². The van der Waals surface area contributed by atoms with Crippen molar-refractivity contribution in [2.24, 2.45) is 11.3 Å². The molecule has 0 saturated heterocycles. The number of likely N-dealkylation sites (N-methyl/N-ethyl adjacent to an activating group) is 1. The fourth-order valence-electron chi connectivity index (χ4n) is 3.88. The lowest BCUT2D eigenvalue weighted by atomic mass is 9.75. The van der Waals surface area contributed by atoms with Crippen molar-refractivity contribution in [3.05, 3.63) is 23.8 Å². The van der Waals surface area contributed by atoms with Gasteiger partial charge in [0.25, 0.3) is 0 Å². The summed E-state index contributed by atoms with van der Waals surface area (Å²) in [4.78, 5) is 36.2. The van der Waals surface area contributed by atoms with Crippen LogP contribution in [0.4, 0.5) is 4.79 Å². The average molecular weight is 464 g/mol. The van der Waals surface area contributed by atoms with Gasteiger partial charge in [-0.15, -0.1) is 0 Å². The lowest BCUT2D eigenvalue weighted by Crippen LogP contribution is -2.43. The van der Waals surface area contributed by atoms with Gasteiger partial charge in [0, 0.05) is 31.1 Å². The fourth-order valence-corrected chi connectivity index (χ4v) is 3.88. The van der Waals surface area contributed by atoms with Crippen molar-refractivity contribution in [1.29, 1.82) is 0 Å². The number of carbonyl (C=O) groups is 3. The number of benzene rings is 1. The summed E-state index contributed by atoms with van der Waals surface area (Å²) in [7, 11) is 3.26. The monoisotopic (exact) mass is 463 g/mol. The molecule has 0 N–H and O–H groups in total. The number of aldehydes is 1. The first kappa shape index (κ1) is 26.6. The van der Waals surface area contributed by atoms with Gasteiger partial charge in [0.1, 0.15) is 12.9 Å². The van der Waals surface area contributed by atoms with Gasteiger partial charge >= 0.3 is 6.09 Å². The normalized spacial score (nSPS) is 16.9. The van der Waals surface area contributed by atoms with Gasteiger partial charge in [-0.25, -0.2) is 4.79 Å². The lowest BCUT2D eigenvalue weighted by Gasteiger charge is -2.36. The maximum Gasteiger partial charge on any atom is 0.410 e. The highest BCUT2D eigenvalue weighted by Crippen LogP contribution is 2.37. The first-order chi connectivity index (χ1) is 15.7. The SMILES string of the molecule is CC(C)C=O.COCC1(COC(=O)N(C)C(C)C(=O)c2ccc3c(c2)OCO3)CCCCC1. The highest BCUT2D eigenvalue weighted by atomic mass is 16.7. The van der Waals surface area contributed by atoms with Crippen LogP contribution in [0.25, 0.3) is 0 Å². The number of ketones is 1. The number of rotatable bonds is 8. The number of carbonyl (C=O) groups excluding carboxylic acids is 3. The summed E-state index contributed by atoms with van der Waals surface area (Å²) in [6, 6.07) is 4.38. The third kappa shape index (κ3) is 7.45. The molecule has 0 radical (unpaired) electrons. The van der Waals surface area contributed by atoms with Crippen molar-refractivity contribution in [2.75, 3.05) is 34.2 Å². The van der Waals surface area contributed by atoms with E-state index in [9.17, 15) is 14.4 Å². The molecule has 3 rings (SSSR count). The van der Waals surface area contributed by atoms with Gasteiger partial charge in [-0.05, 0) is 38.0 Å². The predicted molar refractivity (Wildman–Crippen MR) is 124 cm³/mol. The van der Waals surface area contributed by atoms with Crippen molar-refractivity contribution in [1.82, 2.24) is 4.90 Å². The molecule has 1 unspecified atom stereocenters. The standard InChI is InChI=1S/C21H29NO6.C4H8O/c1-15(19(23)16-7-8-17-18(11-16)28-14-27-17)22(2)20(24)26-13-21(12-25-3)9-5-4-6-10-21;1-4(2)3-5/h7-8,11,15H,4-6,9-10,12-14H2,1-3H3;3-4H,1-2H3. The molecule has 8 nitrogen and oxygen atoms in total. The van der Waals surface area contributed by atoms with Crippen LogP contribution in [-0.2, 0) is 14.3 Å². The molecule has 1 aromatic carbocycles.